The lowest BCUT2D eigenvalue weighted by Crippen LogP contribution is -2.03. The number of rotatable bonds is 2. The first kappa shape index (κ1) is 10.5. The lowest BCUT2D eigenvalue weighted by atomic mass is 10.2. The van der Waals surface area contributed by atoms with Crippen molar-refractivity contribution in [3.8, 4) is 12.1 Å². The summed E-state index contributed by atoms with van der Waals surface area (Å²) >= 11 is 0. The molecule has 1 heterocycles. The number of imidazole rings is 1. The second-order valence-corrected chi connectivity index (χ2v) is 3.88. The maximum absolute atomic E-state index is 8.82. The van der Waals surface area contributed by atoms with E-state index in [0.717, 1.165) is 11.0 Å². The Morgan fingerprint density at radius 3 is 2.75 bits per heavy atom. The van der Waals surface area contributed by atoms with E-state index in [-0.39, 0.29) is 6.04 Å². The topological polar surface area (TPSA) is 50.8 Å². The Bertz CT molecular complexity index is 563. The number of ether oxygens (including phenoxy) is 1. The summed E-state index contributed by atoms with van der Waals surface area (Å²) in [7, 11) is 1.60. The van der Waals surface area contributed by atoms with Gasteiger partial charge in [-0.3, -0.25) is 4.57 Å². The Balaban J connectivity index is 2.74. The van der Waals surface area contributed by atoms with Gasteiger partial charge in [-0.25, -0.2) is 0 Å². The number of nitrogens with zero attached hydrogens (tertiary/aromatic N) is 3. The Morgan fingerprint density at radius 2 is 2.19 bits per heavy atom. The summed E-state index contributed by atoms with van der Waals surface area (Å²) in [4.78, 5) is 4.35. The summed E-state index contributed by atoms with van der Waals surface area (Å²) in [5.74, 6) is 0. The first-order chi connectivity index (χ1) is 7.67. The van der Waals surface area contributed by atoms with Crippen molar-refractivity contribution in [1.82, 2.24) is 9.55 Å². The monoisotopic (exact) mass is 215 g/mol. The summed E-state index contributed by atoms with van der Waals surface area (Å²) in [6.07, 6.45) is 0. The standard InChI is InChI=1S/C12H13N3O/c1-8(2)15-11-5-4-9(7-13)6-10(11)14-12(15)16-3/h4-6,8H,1-3H3. The van der Waals surface area contributed by atoms with Gasteiger partial charge in [0, 0.05) is 6.04 Å². The molecule has 2 aromatic rings. The molecule has 0 aliphatic rings. The molecule has 0 spiro atoms. The van der Waals surface area contributed by atoms with E-state index in [9.17, 15) is 0 Å². The van der Waals surface area contributed by atoms with Crippen molar-refractivity contribution in [3.63, 3.8) is 0 Å². The zero-order valence-electron chi connectivity index (χ0n) is 9.56. The normalized spacial score (nSPS) is 10.7. The van der Waals surface area contributed by atoms with Crippen LogP contribution in [0.1, 0.15) is 25.5 Å². The van der Waals surface area contributed by atoms with Gasteiger partial charge < -0.3 is 4.74 Å². The zero-order chi connectivity index (χ0) is 11.7. The number of methoxy groups -OCH3 is 1. The van der Waals surface area contributed by atoms with Gasteiger partial charge in [0.05, 0.1) is 29.8 Å². The van der Waals surface area contributed by atoms with Crippen LogP contribution < -0.4 is 4.74 Å². The molecule has 4 heteroatoms. The fourth-order valence-electron chi connectivity index (χ4n) is 1.79. The van der Waals surface area contributed by atoms with Crippen LogP contribution in [0.4, 0.5) is 0 Å². The maximum atomic E-state index is 8.82. The number of aromatic nitrogens is 2. The zero-order valence-corrected chi connectivity index (χ0v) is 9.56. The largest absolute Gasteiger partial charge is 0.468 e. The predicted molar refractivity (Wildman–Crippen MR) is 61.4 cm³/mol. The van der Waals surface area contributed by atoms with E-state index in [4.69, 9.17) is 10.00 Å². The minimum absolute atomic E-state index is 0.271. The molecule has 0 aliphatic carbocycles. The maximum Gasteiger partial charge on any atom is 0.297 e. The number of fused-ring (bicyclic) bond motifs is 1. The van der Waals surface area contributed by atoms with E-state index in [1.54, 1.807) is 19.2 Å². The molecule has 2 rings (SSSR count). The van der Waals surface area contributed by atoms with Gasteiger partial charge in [0.15, 0.2) is 0 Å². The van der Waals surface area contributed by atoms with Crippen LogP contribution in [0, 0.1) is 11.3 Å². The predicted octanol–water partition coefficient (Wildman–Crippen LogP) is 2.50. The fourth-order valence-corrected chi connectivity index (χ4v) is 1.79. The Hall–Kier alpha value is -2.02. The fraction of sp³-hybridized carbons (Fsp3) is 0.333. The molecule has 0 N–H and O–H groups in total. The van der Waals surface area contributed by atoms with E-state index in [1.165, 1.54) is 0 Å². The van der Waals surface area contributed by atoms with E-state index in [0.29, 0.717) is 11.6 Å². The summed E-state index contributed by atoms with van der Waals surface area (Å²) < 4.78 is 7.24. The third kappa shape index (κ3) is 1.50. The third-order valence-electron chi connectivity index (χ3n) is 2.49. The van der Waals surface area contributed by atoms with Crippen LogP contribution in [0.2, 0.25) is 0 Å². The lowest BCUT2D eigenvalue weighted by Gasteiger charge is -2.10. The molecule has 0 bridgehead atoms. The average Bonchev–Trinajstić information content (AvgIpc) is 2.65. The van der Waals surface area contributed by atoms with Crippen molar-refractivity contribution in [2.24, 2.45) is 0 Å². The van der Waals surface area contributed by atoms with Crippen LogP contribution in [-0.4, -0.2) is 16.7 Å². The summed E-state index contributed by atoms with van der Waals surface area (Å²) in [6.45, 7) is 4.14. The molecule has 1 aromatic heterocycles. The van der Waals surface area contributed by atoms with E-state index in [1.807, 2.05) is 10.6 Å². The number of benzene rings is 1. The first-order valence-electron chi connectivity index (χ1n) is 5.13. The number of nitriles is 1. The summed E-state index contributed by atoms with van der Waals surface area (Å²) in [5, 5.41) is 8.82. The molecular weight excluding hydrogens is 202 g/mol. The van der Waals surface area contributed by atoms with E-state index in [2.05, 4.69) is 24.9 Å². The number of hydrogen-bond acceptors (Lipinski definition) is 3. The third-order valence-corrected chi connectivity index (χ3v) is 2.49. The molecule has 0 amide bonds. The molecule has 0 atom stereocenters. The van der Waals surface area contributed by atoms with Crippen molar-refractivity contribution >= 4 is 11.0 Å². The lowest BCUT2D eigenvalue weighted by molar-refractivity contribution is 0.350. The molecule has 0 saturated heterocycles. The smallest absolute Gasteiger partial charge is 0.297 e. The summed E-state index contributed by atoms with van der Waals surface area (Å²) in [5.41, 5.74) is 2.40. The minimum atomic E-state index is 0.271. The van der Waals surface area contributed by atoms with Gasteiger partial charge in [0.25, 0.3) is 6.01 Å². The molecule has 0 saturated carbocycles. The molecular formula is C12H13N3O. The van der Waals surface area contributed by atoms with Gasteiger partial charge in [0.2, 0.25) is 0 Å². The molecule has 1 aromatic carbocycles. The molecule has 4 nitrogen and oxygen atoms in total. The molecule has 0 aliphatic heterocycles. The minimum Gasteiger partial charge on any atom is -0.468 e. The summed E-state index contributed by atoms with van der Waals surface area (Å²) in [6, 6.07) is 8.43. The second kappa shape index (κ2) is 3.86. The highest BCUT2D eigenvalue weighted by molar-refractivity contribution is 5.78. The van der Waals surface area contributed by atoms with Gasteiger partial charge in [0.1, 0.15) is 0 Å². The first-order valence-corrected chi connectivity index (χ1v) is 5.13. The Labute approximate surface area is 94.1 Å². The Kier molecular flexibility index (Phi) is 2.53. The van der Waals surface area contributed by atoms with Gasteiger partial charge in [-0.2, -0.15) is 10.2 Å². The van der Waals surface area contributed by atoms with E-state index >= 15 is 0 Å². The highest BCUT2D eigenvalue weighted by atomic mass is 16.5. The molecule has 0 unspecified atom stereocenters. The molecule has 82 valence electrons. The average molecular weight is 215 g/mol. The van der Waals surface area contributed by atoms with Crippen molar-refractivity contribution in [2.75, 3.05) is 7.11 Å². The van der Waals surface area contributed by atoms with Crippen LogP contribution in [0.5, 0.6) is 6.01 Å². The van der Waals surface area contributed by atoms with Gasteiger partial charge in [-0.1, -0.05) is 0 Å². The van der Waals surface area contributed by atoms with Crippen molar-refractivity contribution in [1.29, 1.82) is 5.26 Å². The van der Waals surface area contributed by atoms with Crippen LogP contribution >= 0.6 is 0 Å². The van der Waals surface area contributed by atoms with Crippen LogP contribution in [-0.2, 0) is 0 Å². The molecule has 0 fully saturated rings. The number of hydrogen-bond donors (Lipinski definition) is 0. The van der Waals surface area contributed by atoms with Crippen LogP contribution in [0.3, 0.4) is 0 Å². The van der Waals surface area contributed by atoms with Crippen molar-refractivity contribution in [2.45, 2.75) is 19.9 Å². The highest BCUT2D eigenvalue weighted by Crippen LogP contribution is 2.26. The Morgan fingerprint density at radius 1 is 1.44 bits per heavy atom. The molecule has 0 radical (unpaired) electrons. The van der Waals surface area contributed by atoms with E-state index < -0.39 is 0 Å². The molecule has 16 heavy (non-hydrogen) atoms. The van der Waals surface area contributed by atoms with Gasteiger partial charge >= 0.3 is 0 Å². The van der Waals surface area contributed by atoms with Crippen LogP contribution in [0.15, 0.2) is 18.2 Å². The van der Waals surface area contributed by atoms with Gasteiger partial charge in [-0.15, -0.1) is 0 Å². The highest BCUT2D eigenvalue weighted by Gasteiger charge is 2.13. The van der Waals surface area contributed by atoms with Gasteiger partial charge in [-0.05, 0) is 32.0 Å². The SMILES string of the molecule is COc1nc2cc(C#N)ccc2n1C(C)C. The second-order valence-electron chi connectivity index (χ2n) is 3.88. The van der Waals surface area contributed by atoms with Crippen molar-refractivity contribution < 1.29 is 4.74 Å². The van der Waals surface area contributed by atoms with Crippen molar-refractivity contribution in [3.05, 3.63) is 23.8 Å². The van der Waals surface area contributed by atoms with Crippen LogP contribution in [0.25, 0.3) is 11.0 Å². The quantitative estimate of drug-likeness (QED) is 0.773.